The standard InChI is InChI=1S/C13H17NO5/c1-8(15)14-11(12(16)13(17)18)7-9-3-5-10(19-2)6-4-9/h3-6,11-12,16H,7H2,1-2H3,(H,14,15)(H,17,18). The molecule has 6 heteroatoms. The highest BCUT2D eigenvalue weighted by Crippen LogP contribution is 2.13. The average molecular weight is 267 g/mol. The van der Waals surface area contributed by atoms with Gasteiger partial charge in [-0.05, 0) is 24.1 Å². The first-order valence-corrected chi connectivity index (χ1v) is 5.75. The number of benzene rings is 1. The number of aliphatic hydroxyl groups is 1. The average Bonchev–Trinajstić information content (AvgIpc) is 2.37. The number of amides is 1. The van der Waals surface area contributed by atoms with Gasteiger partial charge in [-0.2, -0.15) is 0 Å². The van der Waals surface area contributed by atoms with Gasteiger partial charge in [0.05, 0.1) is 13.2 Å². The number of carbonyl (C=O) groups is 2. The molecule has 2 atom stereocenters. The second-order valence-corrected chi connectivity index (χ2v) is 4.14. The molecule has 0 saturated carbocycles. The molecule has 0 spiro atoms. The second kappa shape index (κ2) is 6.75. The number of methoxy groups -OCH3 is 1. The highest BCUT2D eigenvalue weighted by atomic mass is 16.5. The van der Waals surface area contributed by atoms with Crippen LogP contribution in [0.2, 0.25) is 0 Å². The zero-order valence-corrected chi connectivity index (χ0v) is 10.8. The van der Waals surface area contributed by atoms with E-state index >= 15 is 0 Å². The summed E-state index contributed by atoms with van der Waals surface area (Å²) in [7, 11) is 1.54. The number of ether oxygens (including phenoxy) is 1. The molecule has 0 bridgehead atoms. The number of nitrogens with one attached hydrogen (secondary N) is 1. The predicted molar refractivity (Wildman–Crippen MR) is 67.9 cm³/mol. The van der Waals surface area contributed by atoms with Crippen molar-refractivity contribution < 1.29 is 24.5 Å². The van der Waals surface area contributed by atoms with E-state index in [1.54, 1.807) is 31.4 Å². The fraction of sp³-hybridized carbons (Fsp3) is 0.385. The van der Waals surface area contributed by atoms with Crippen LogP contribution in [0.1, 0.15) is 12.5 Å². The van der Waals surface area contributed by atoms with Gasteiger partial charge in [0, 0.05) is 6.92 Å². The Kier molecular flexibility index (Phi) is 5.32. The van der Waals surface area contributed by atoms with Crippen LogP contribution in [0.15, 0.2) is 24.3 Å². The van der Waals surface area contributed by atoms with Crippen LogP contribution in [0, 0.1) is 0 Å². The summed E-state index contributed by atoms with van der Waals surface area (Å²) in [6.45, 7) is 1.27. The van der Waals surface area contributed by atoms with Crippen LogP contribution in [0.5, 0.6) is 5.75 Å². The Hall–Kier alpha value is -2.08. The summed E-state index contributed by atoms with van der Waals surface area (Å²) in [5, 5.41) is 20.8. The molecule has 0 aromatic heterocycles. The minimum atomic E-state index is -1.65. The monoisotopic (exact) mass is 267 g/mol. The molecule has 3 N–H and O–H groups in total. The highest BCUT2D eigenvalue weighted by molar-refractivity contribution is 5.77. The molecule has 19 heavy (non-hydrogen) atoms. The number of carboxylic acids is 1. The quantitative estimate of drug-likeness (QED) is 0.683. The van der Waals surface area contributed by atoms with E-state index < -0.39 is 18.1 Å². The molecule has 1 aromatic rings. The lowest BCUT2D eigenvalue weighted by Crippen LogP contribution is -2.47. The maximum absolute atomic E-state index is 11.0. The normalized spacial score (nSPS) is 13.4. The molecule has 6 nitrogen and oxygen atoms in total. The van der Waals surface area contributed by atoms with E-state index in [0.29, 0.717) is 5.75 Å². The van der Waals surface area contributed by atoms with E-state index in [2.05, 4.69) is 5.32 Å². The molecular weight excluding hydrogens is 250 g/mol. The van der Waals surface area contributed by atoms with Gasteiger partial charge in [0.25, 0.3) is 0 Å². The van der Waals surface area contributed by atoms with Crippen LogP contribution in [0.25, 0.3) is 0 Å². The Morgan fingerprint density at radius 1 is 1.32 bits per heavy atom. The molecule has 0 heterocycles. The number of hydrogen-bond donors (Lipinski definition) is 3. The number of hydrogen-bond acceptors (Lipinski definition) is 4. The van der Waals surface area contributed by atoms with Gasteiger partial charge in [-0.1, -0.05) is 12.1 Å². The van der Waals surface area contributed by atoms with Gasteiger partial charge in [0.2, 0.25) is 5.91 Å². The summed E-state index contributed by atoms with van der Waals surface area (Å²) >= 11 is 0. The molecule has 0 aliphatic rings. The van der Waals surface area contributed by atoms with E-state index in [4.69, 9.17) is 9.84 Å². The van der Waals surface area contributed by atoms with E-state index in [1.807, 2.05) is 0 Å². The third-order valence-corrected chi connectivity index (χ3v) is 2.64. The SMILES string of the molecule is COc1ccc(CC(NC(C)=O)C(O)C(=O)O)cc1. The van der Waals surface area contributed by atoms with Crippen molar-refractivity contribution in [3.63, 3.8) is 0 Å². The van der Waals surface area contributed by atoms with Gasteiger partial charge in [0.1, 0.15) is 5.75 Å². The number of aliphatic hydroxyl groups excluding tert-OH is 1. The molecule has 0 aliphatic carbocycles. The Bertz CT molecular complexity index is 443. The summed E-state index contributed by atoms with van der Waals surface area (Å²) in [4.78, 5) is 21.8. The van der Waals surface area contributed by atoms with Crippen molar-refractivity contribution in [1.82, 2.24) is 5.32 Å². The molecule has 0 saturated heterocycles. The minimum Gasteiger partial charge on any atom is -0.497 e. The molecule has 1 amide bonds. The van der Waals surface area contributed by atoms with Crippen molar-refractivity contribution in [2.75, 3.05) is 7.11 Å². The highest BCUT2D eigenvalue weighted by Gasteiger charge is 2.26. The van der Waals surface area contributed by atoms with Gasteiger partial charge in [-0.15, -0.1) is 0 Å². The zero-order chi connectivity index (χ0) is 14.4. The number of aliphatic carboxylic acids is 1. The summed E-state index contributed by atoms with van der Waals surface area (Å²) in [6.07, 6.45) is -1.43. The van der Waals surface area contributed by atoms with Crippen LogP contribution in [-0.4, -0.2) is 41.3 Å². The van der Waals surface area contributed by atoms with Crippen LogP contribution in [-0.2, 0) is 16.0 Å². The first kappa shape index (κ1) is 15.0. The maximum atomic E-state index is 11.0. The molecule has 2 unspecified atom stereocenters. The van der Waals surface area contributed by atoms with Crippen molar-refractivity contribution in [1.29, 1.82) is 0 Å². The van der Waals surface area contributed by atoms with Crippen molar-refractivity contribution in [2.45, 2.75) is 25.5 Å². The molecule has 0 radical (unpaired) electrons. The summed E-state index contributed by atoms with van der Waals surface area (Å²) < 4.78 is 5.01. The van der Waals surface area contributed by atoms with E-state index in [1.165, 1.54) is 6.92 Å². The first-order chi connectivity index (χ1) is 8.93. The van der Waals surface area contributed by atoms with Gasteiger partial charge in [-0.25, -0.2) is 4.79 Å². The topological polar surface area (TPSA) is 95.9 Å². The van der Waals surface area contributed by atoms with Crippen molar-refractivity contribution >= 4 is 11.9 Å². The summed E-state index contributed by atoms with van der Waals surface area (Å²) in [5.41, 5.74) is 0.792. The first-order valence-electron chi connectivity index (χ1n) is 5.75. The van der Waals surface area contributed by atoms with Crippen LogP contribution >= 0.6 is 0 Å². The van der Waals surface area contributed by atoms with Crippen molar-refractivity contribution in [3.05, 3.63) is 29.8 Å². The Balaban J connectivity index is 2.80. The second-order valence-electron chi connectivity index (χ2n) is 4.14. The van der Waals surface area contributed by atoms with Gasteiger partial charge in [0.15, 0.2) is 6.10 Å². The van der Waals surface area contributed by atoms with Gasteiger partial charge >= 0.3 is 5.97 Å². The van der Waals surface area contributed by atoms with Gasteiger partial charge in [-0.3, -0.25) is 4.79 Å². The van der Waals surface area contributed by atoms with Crippen molar-refractivity contribution in [3.8, 4) is 5.75 Å². The van der Waals surface area contributed by atoms with Crippen LogP contribution in [0.4, 0.5) is 0 Å². The van der Waals surface area contributed by atoms with Crippen LogP contribution in [0.3, 0.4) is 0 Å². The zero-order valence-electron chi connectivity index (χ0n) is 10.8. The Morgan fingerprint density at radius 3 is 2.32 bits per heavy atom. The third-order valence-electron chi connectivity index (χ3n) is 2.64. The van der Waals surface area contributed by atoms with E-state index in [-0.39, 0.29) is 12.3 Å². The van der Waals surface area contributed by atoms with E-state index in [9.17, 15) is 14.7 Å². The van der Waals surface area contributed by atoms with Crippen LogP contribution < -0.4 is 10.1 Å². The predicted octanol–water partition coefficient (Wildman–Crippen LogP) is 0.188. The van der Waals surface area contributed by atoms with Gasteiger partial charge < -0.3 is 20.3 Å². The fourth-order valence-electron chi connectivity index (χ4n) is 1.69. The maximum Gasteiger partial charge on any atom is 0.334 e. The van der Waals surface area contributed by atoms with Crippen molar-refractivity contribution in [2.24, 2.45) is 0 Å². The molecule has 1 rings (SSSR count). The smallest absolute Gasteiger partial charge is 0.334 e. The van der Waals surface area contributed by atoms with E-state index in [0.717, 1.165) is 5.56 Å². The largest absolute Gasteiger partial charge is 0.497 e. The fourth-order valence-corrected chi connectivity index (χ4v) is 1.69. The Labute approximate surface area is 111 Å². The lowest BCUT2D eigenvalue weighted by molar-refractivity contribution is -0.148. The number of rotatable bonds is 6. The summed E-state index contributed by atoms with van der Waals surface area (Å²) in [6, 6.07) is 6.09. The number of carboxylic acid groups (broad SMARTS) is 1. The summed E-state index contributed by atoms with van der Waals surface area (Å²) in [5.74, 6) is -1.08. The molecule has 0 aliphatic heterocycles. The number of carbonyl (C=O) groups excluding carboxylic acids is 1. The lowest BCUT2D eigenvalue weighted by atomic mass is 10.0. The molecular formula is C13H17NO5. The molecule has 104 valence electrons. The Morgan fingerprint density at radius 2 is 1.89 bits per heavy atom. The minimum absolute atomic E-state index is 0.219. The molecule has 0 fully saturated rings. The lowest BCUT2D eigenvalue weighted by Gasteiger charge is -2.20. The third kappa shape index (κ3) is 4.59. The molecule has 1 aromatic carbocycles.